The number of hydrogen-bond donors (Lipinski definition) is 3. The lowest BCUT2D eigenvalue weighted by Gasteiger charge is -2.26. The molecule has 1 aliphatic heterocycles. The third-order valence-electron chi connectivity index (χ3n) is 7.66. The van der Waals surface area contributed by atoms with Gasteiger partial charge in [0.1, 0.15) is 0 Å². The second-order valence-electron chi connectivity index (χ2n) is 10.7. The number of thiazole rings is 1. The Morgan fingerprint density at radius 1 is 0.929 bits per heavy atom. The molecule has 0 aliphatic carbocycles. The number of piperidine rings is 1. The summed E-state index contributed by atoms with van der Waals surface area (Å²) in [6, 6.07) is 30.8. The zero-order valence-corrected chi connectivity index (χ0v) is 24.7. The van der Waals surface area contributed by atoms with Gasteiger partial charge in [0.25, 0.3) is 0 Å². The van der Waals surface area contributed by atoms with Gasteiger partial charge in [-0.15, -0.1) is 11.3 Å². The van der Waals surface area contributed by atoms with Crippen LogP contribution in [0.5, 0.6) is 0 Å². The van der Waals surface area contributed by atoms with Crippen LogP contribution in [0.2, 0.25) is 0 Å². The molecule has 42 heavy (non-hydrogen) atoms. The molecule has 0 saturated carbocycles. The molecule has 1 aromatic heterocycles. The molecule has 1 saturated heterocycles. The van der Waals surface area contributed by atoms with E-state index < -0.39 is 0 Å². The van der Waals surface area contributed by atoms with E-state index in [1.165, 1.54) is 22.5 Å². The molecule has 3 amide bonds. The van der Waals surface area contributed by atoms with Crippen LogP contribution in [-0.2, 0) is 4.79 Å². The molecule has 0 unspecified atom stereocenters. The van der Waals surface area contributed by atoms with Gasteiger partial charge in [0.05, 0.1) is 5.69 Å². The molecule has 0 bridgehead atoms. The van der Waals surface area contributed by atoms with Crippen molar-refractivity contribution in [3.05, 3.63) is 108 Å². The van der Waals surface area contributed by atoms with E-state index in [-0.39, 0.29) is 23.9 Å². The summed E-state index contributed by atoms with van der Waals surface area (Å²) in [7, 11) is 0. The first-order valence-corrected chi connectivity index (χ1v) is 15.7. The average molecular weight is 582 g/mol. The fourth-order valence-electron chi connectivity index (χ4n) is 5.44. The van der Waals surface area contributed by atoms with E-state index >= 15 is 0 Å². The van der Waals surface area contributed by atoms with Crippen LogP contribution >= 0.6 is 11.3 Å². The van der Waals surface area contributed by atoms with E-state index in [1.807, 2.05) is 52.7 Å². The fraction of sp³-hybridized carbons (Fsp3) is 0.324. The number of carbonyl (C=O) groups is 2. The molecule has 8 heteroatoms. The van der Waals surface area contributed by atoms with Crippen molar-refractivity contribution in [2.24, 2.45) is 0 Å². The largest absolute Gasteiger partial charge is 0.352 e. The third-order valence-corrected chi connectivity index (χ3v) is 8.42. The number of amides is 3. The summed E-state index contributed by atoms with van der Waals surface area (Å²) in [5.41, 5.74) is 4.29. The first-order valence-electron chi connectivity index (χ1n) is 14.8. The van der Waals surface area contributed by atoms with Crippen molar-refractivity contribution in [2.75, 3.05) is 31.5 Å². The van der Waals surface area contributed by atoms with Crippen molar-refractivity contribution in [3.63, 3.8) is 0 Å². The van der Waals surface area contributed by atoms with Crippen LogP contribution in [-0.4, -0.2) is 54.0 Å². The first kappa shape index (κ1) is 29.5. The molecule has 0 spiro atoms. The maximum Gasteiger partial charge on any atom is 0.323 e. The number of nitrogens with one attached hydrogen (secondary N) is 3. The molecule has 2 heterocycles. The minimum Gasteiger partial charge on any atom is -0.352 e. The molecule has 1 fully saturated rings. The molecular formula is C34H39N5O2S. The molecule has 1 atom stereocenters. The van der Waals surface area contributed by atoms with Gasteiger partial charge < -0.3 is 15.5 Å². The highest BCUT2D eigenvalue weighted by Gasteiger charge is 2.21. The number of benzene rings is 3. The van der Waals surface area contributed by atoms with Crippen molar-refractivity contribution in [1.82, 2.24) is 20.5 Å². The van der Waals surface area contributed by atoms with Gasteiger partial charge in [0.15, 0.2) is 5.13 Å². The van der Waals surface area contributed by atoms with E-state index in [9.17, 15) is 9.59 Å². The highest BCUT2D eigenvalue weighted by Crippen LogP contribution is 2.29. The summed E-state index contributed by atoms with van der Waals surface area (Å²) in [6.07, 6.45) is 3.82. The number of hydrogen-bond acceptors (Lipinski definition) is 5. The molecule has 0 radical (unpaired) electrons. The number of urea groups is 1. The van der Waals surface area contributed by atoms with Crippen LogP contribution in [0.1, 0.15) is 49.1 Å². The van der Waals surface area contributed by atoms with E-state index in [1.54, 1.807) is 0 Å². The second-order valence-corrected chi connectivity index (χ2v) is 11.6. The van der Waals surface area contributed by atoms with Gasteiger partial charge in [-0.3, -0.25) is 10.1 Å². The normalized spacial score (nSPS) is 14.8. The van der Waals surface area contributed by atoms with Crippen LogP contribution in [0.15, 0.2) is 96.4 Å². The SMILES string of the molecule is O=C(CCCN(CCC(c1ccccc1)c1ccccc1)C(=O)Nc1nc(-c2ccccc2)cs1)N[C@H]1CCCNC1. The molecule has 1 aliphatic rings. The predicted octanol–water partition coefficient (Wildman–Crippen LogP) is 6.51. The van der Waals surface area contributed by atoms with Crippen LogP contribution in [0.4, 0.5) is 9.93 Å². The number of aromatic nitrogens is 1. The standard InChI is InChI=1S/C34H39N5O2S/c40-32(36-29-18-10-21-35-24-29)19-11-22-39(34(41)38-33-37-31(25-42-33)28-16-8-3-9-17-28)23-20-30(26-12-4-1-5-13-26)27-14-6-2-7-15-27/h1-9,12-17,25,29-30,35H,10-11,18-24H2,(H,36,40)(H,37,38,41)/t29-/m0/s1. The molecular weight excluding hydrogens is 542 g/mol. The maximum absolute atomic E-state index is 13.6. The fourth-order valence-corrected chi connectivity index (χ4v) is 6.15. The third kappa shape index (κ3) is 8.50. The van der Waals surface area contributed by atoms with Gasteiger partial charge >= 0.3 is 6.03 Å². The Morgan fingerprint density at radius 3 is 2.24 bits per heavy atom. The quantitative estimate of drug-likeness (QED) is 0.178. The Hall–Kier alpha value is -4.01. The summed E-state index contributed by atoms with van der Waals surface area (Å²) < 4.78 is 0. The Bertz CT molecular complexity index is 1350. The number of carbonyl (C=O) groups excluding carboxylic acids is 2. The molecule has 3 aromatic carbocycles. The minimum absolute atomic E-state index is 0.0444. The Morgan fingerprint density at radius 2 is 1.60 bits per heavy atom. The monoisotopic (exact) mass is 581 g/mol. The van der Waals surface area contributed by atoms with Crippen molar-refractivity contribution in [3.8, 4) is 11.3 Å². The zero-order valence-electron chi connectivity index (χ0n) is 23.9. The van der Waals surface area contributed by atoms with E-state index in [4.69, 9.17) is 0 Å². The smallest absolute Gasteiger partial charge is 0.323 e. The first-order chi connectivity index (χ1) is 20.7. The molecule has 218 valence electrons. The highest BCUT2D eigenvalue weighted by molar-refractivity contribution is 7.14. The van der Waals surface area contributed by atoms with E-state index in [0.29, 0.717) is 31.1 Å². The van der Waals surface area contributed by atoms with Crippen molar-refractivity contribution in [1.29, 1.82) is 0 Å². The predicted molar refractivity (Wildman–Crippen MR) is 171 cm³/mol. The van der Waals surface area contributed by atoms with Gasteiger partial charge in [-0.2, -0.15) is 0 Å². The zero-order chi connectivity index (χ0) is 29.0. The summed E-state index contributed by atoms with van der Waals surface area (Å²) in [4.78, 5) is 32.8. The average Bonchev–Trinajstić information content (AvgIpc) is 3.50. The molecule has 5 rings (SSSR count). The van der Waals surface area contributed by atoms with E-state index in [2.05, 4.69) is 69.5 Å². The van der Waals surface area contributed by atoms with Crippen LogP contribution in [0, 0.1) is 0 Å². The van der Waals surface area contributed by atoms with Crippen molar-refractivity contribution in [2.45, 2.75) is 44.1 Å². The summed E-state index contributed by atoms with van der Waals surface area (Å²) in [5, 5.41) is 12.0. The maximum atomic E-state index is 13.6. The van der Waals surface area contributed by atoms with Crippen LogP contribution in [0.3, 0.4) is 0 Å². The molecule has 3 N–H and O–H groups in total. The van der Waals surface area contributed by atoms with Gasteiger partial charge in [0, 0.05) is 49.0 Å². The Kier molecular flexibility index (Phi) is 10.7. The topological polar surface area (TPSA) is 86.4 Å². The Labute approximate surface area is 252 Å². The van der Waals surface area contributed by atoms with Gasteiger partial charge in [-0.25, -0.2) is 9.78 Å². The van der Waals surface area contributed by atoms with E-state index in [0.717, 1.165) is 43.6 Å². The van der Waals surface area contributed by atoms with Crippen molar-refractivity contribution >= 4 is 28.4 Å². The lowest BCUT2D eigenvalue weighted by atomic mass is 9.88. The number of rotatable bonds is 12. The highest BCUT2D eigenvalue weighted by atomic mass is 32.1. The number of anilines is 1. The molecule has 4 aromatic rings. The summed E-state index contributed by atoms with van der Waals surface area (Å²) >= 11 is 1.42. The van der Waals surface area contributed by atoms with Gasteiger partial charge in [0.2, 0.25) is 5.91 Å². The Balaban J connectivity index is 1.26. The minimum atomic E-state index is -0.194. The van der Waals surface area contributed by atoms with Crippen LogP contribution < -0.4 is 16.0 Å². The van der Waals surface area contributed by atoms with Gasteiger partial charge in [-0.1, -0.05) is 91.0 Å². The number of nitrogens with zero attached hydrogens (tertiary/aromatic N) is 2. The lowest BCUT2D eigenvalue weighted by molar-refractivity contribution is -0.122. The summed E-state index contributed by atoms with van der Waals surface area (Å²) in [6.45, 7) is 2.86. The molecule has 7 nitrogen and oxygen atoms in total. The van der Waals surface area contributed by atoms with Crippen LogP contribution in [0.25, 0.3) is 11.3 Å². The second kappa shape index (κ2) is 15.3. The summed E-state index contributed by atoms with van der Waals surface area (Å²) in [5.74, 6) is 0.192. The lowest BCUT2D eigenvalue weighted by Crippen LogP contribution is -2.45. The van der Waals surface area contributed by atoms with Gasteiger partial charge in [-0.05, 0) is 43.4 Å². The van der Waals surface area contributed by atoms with Crippen molar-refractivity contribution < 1.29 is 9.59 Å².